The highest BCUT2D eigenvalue weighted by Gasteiger charge is 2.29. The number of sulfonamides is 1. The molecule has 1 aliphatic rings. The molecule has 0 atom stereocenters. The lowest BCUT2D eigenvalue weighted by Crippen LogP contribution is -2.42. The maximum Gasteiger partial charge on any atom is 0.269 e. The summed E-state index contributed by atoms with van der Waals surface area (Å²) < 4.78 is 25.2. The van der Waals surface area contributed by atoms with Crippen molar-refractivity contribution in [1.82, 2.24) is 15.6 Å². The minimum absolute atomic E-state index is 0.00144. The molecule has 1 fully saturated rings. The fourth-order valence-electron chi connectivity index (χ4n) is 1.54. The minimum Gasteiger partial charge on any atom is -0.273 e. The molecule has 1 saturated carbocycles. The van der Waals surface area contributed by atoms with E-state index in [1.165, 1.54) is 31.3 Å². The van der Waals surface area contributed by atoms with E-state index in [2.05, 4.69) is 15.6 Å². The zero-order chi connectivity index (χ0) is 14.8. The number of rotatable bonds is 4. The third-order valence-electron chi connectivity index (χ3n) is 2.94. The van der Waals surface area contributed by atoms with Gasteiger partial charge >= 0.3 is 0 Å². The standard InChI is InChI=1S/C12H15N3O4S/c1-13-20(18,19)10-6-4-9(5-7-10)12(17)15-14-11(16)8-2-3-8/h4-8,13H,2-3H2,1H3,(H,14,16)(H,15,17). The van der Waals surface area contributed by atoms with Crippen LogP contribution in [0, 0.1) is 5.92 Å². The van der Waals surface area contributed by atoms with E-state index in [0.29, 0.717) is 0 Å². The Hall–Kier alpha value is -1.93. The van der Waals surface area contributed by atoms with Crippen LogP contribution in [0.3, 0.4) is 0 Å². The summed E-state index contributed by atoms with van der Waals surface area (Å²) in [6.07, 6.45) is 1.69. The van der Waals surface area contributed by atoms with Crippen LogP contribution in [0.1, 0.15) is 23.2 Å². The fourth-order valence-corrected chi connectivity index (χ4v) is 2.27. The molecule has 1 aromatic rings. The number of carbonyl (C=O) groups is 2. The van der Waals surface area contributed by atoms with Crippen molar-refractivity contribution in [3.63, 3.8) is 0 Å². The largest absolute Gasteiger partial charge is 0.273 e. The van der Waals surface area contributed by atoms with Crippen LogP contribution in [-0.4, -0.2) is 27.3 Å². The van der Waals surface area contributed by atoms with Crippen LogP contribution in [0.4, 0.5) is 0 Å². The minimum atomic E-state index is -3.52. The summed E-state index contributed by atoms with van der Waals surface area (Å²) in [4.78, 5) is 23.2. The molecule has 1 aliphatic carbocycles. The number of benzene rings is 1. The fraction of sp³-hybridized carbons (Fsp3) is 0.333. The molecule has 0 saturated heterocycles. The molecule has 8 heteroatoms. The maximum absolute atomic E-state index is 11.7. The predicted molar refractivity (Wildman–Crippen MR) is 71.0 cm³/mol. The molecule has 3 N–H and O–H groups in total. The zero-order valence-corrected chi connectivity index (χ0v) is 11.7. The Morgan fingerprint density at radius 3 is 2.20 bits per heavy atom. The van der Waals surface area contributed by atoms with Gasteiger partial charge < -0.3 is 0 Å². The van der Waals surface area contributed by atoms with Gasteiger partial charge in [-0.2, -0.15) is 0 Å². The second kappa shape index (κ2) is 5.59. The van der Waals surface area contributed by atoms with Gasteiger partial charge in [-0.3, -0.25) is 20.4 Å². The average Bonchev–Trinajstić information content (AvgIpc) is 3.29. The summed E-state index contributed by atoms with van der Waals surface area (Å²) in [6.45, 7) is 0. The Kier molecular flexibility index (Phi) is 4.05. The van der Waals surface area contributed by atoms with Gasteiger partial charge in [0.2, 0.25) is 15.9 Å². The number of carbonyl (C=O) groups excluding carboxylic acids is 2. The van der Waals surface area contributed by atoms with Gasteiger partial charge in [0.05, 0.1) is 4.90 Å². The van der Waals surface area contributed by atoms with Gasteiger partial charge in [-0.05, 0) is 44.2 Å². The van der Waals surface area contributed by atoms with Crippen LogP contribution < -0.4 is 15.6 Å². The van der Waals surface area contributed by atoms with Crippen LogP contribution in [0.5, 0.6) is 0 Å². The molecule has 2 rings (SSSR count). The third-order valence-corrected chi connectivity index (χ3v) is 4.37. The Balaban J connectivity index is 1.98. The van der Waals surface area contributed by atoms with E-state index in [1.54, 1.807) is 0 Å². The number of nitrogens with one attached hydrogen (secondary N) is 3. The van der Waals surface area contributed by atoms with E-state index >= 15 is 0 Å². The van der Waals surface area contributed by atoms with Crippen LogP contribution >= 0.6 is 0 Å². The van der Waals surface area contributed by atoms with Gasteiger partial charge in [0.25, 0.3) is 5.91 Å². The average molecular weight is 297 g/mol. The van der Waals surface area contributed by atoms with E-state index in [4.69, 9.17) is 0 Å². The molecule has 20 heavy (non-hydrogen) atoms. The van der Waals surface area contributed by atoms with Crippen molar-refractivity contribution >= 4 is 21.8 Å². The predicted octanol–water partition coefficient (Wildman–Crippen LogP) is -0.234. The van der Waals surface area contributed by atoms with Crippen molar-refractivity contribution in [2.75, 3.05) is 7.05 Å². The zero-order valence-electron chi connectivity index (χ0n) is 10.8. The molecular formula is C12H15N3O4S. The van der Waals surface area contributed by atoms with Gasteiger partial charge in [-0.1, -0.05) is 0 Å². The van der Waals surface area contributed by atoms with E-state index in [-0.39, 0.29) is 22.3 Å². The molecule has 1 aromatic carbocycles. The van der Waals surface area contributed by atoms with Crippen LogP contribution in [0.15, 0.2) is 29.2 Å². The first-order chi connectivity index (χ1) is 9.44. The first-order valence-electron chi connectivity index (χ1n) is 6.08. The van der Waals surface area contributed by atoms with Crippen LogP contribution in [-0.2, 0) is 14.8 Å². The summed E-state index contributed by atoms with van der Waals surface area (Å²) in [5.41, 5.74) is 4.88. The second-order valence-corrected chi connectivity index (χ2v) is 6.34. The van der Waals surface area contributed by atoms with Gasteiger partial charge in [0.1, 0.15) is 0 Å². The lowest BCUT2D eigenvalue weighted by Gasteiger charge is -2.07. The number of hydrogen-bond acceptors (Lipinski definition) is 4. The highest BCUT2D eigenvalue weighted by atomic mass is 32.2. The first kappa shape index (κ1) is 14.5. The Labute approximate surface area is 116 Å². The molecule has 0 radical (unpaired) electrons. The second-order valence-electron chi connectivity index (χ2n) is 4.45. The van der Waals surface area contributed by atoms with E-state index in [0.717, 1.165) is 12.8 Å². The van der Waals surface area contributed by atoms with E-state index in [1.807, 2.05) is 0 Å². The molecule has 0 aromatic heterocycles. The van der Waals surface area contributed by atoms with Gasteiger partial charge in [-0.25, -0.2) is 13.1 Å². The summed E-state index contributed by atoms with van der Waals surface area (Å²) in [7, 11) is -2.21. The van der Waals surface area contributed by atoms with Crippen molar-refractivity contribution in [1.29, 1.82) is 0 Å². The number of amides is 2. The Morgan fingerprint density at radius 1 is 1.10 bits per heavy atom. The molecule has 0 unspecified atom stereocenters. The van der Waals surface area contributed by atoms with Crippen molar-refractivity contribution in [3.8, 4) is 0 Å². The SMILES string of the molecule is CNS(=O)(=O)c1ccc(C(=O)NNC(=O)C2CC2)cc1. The molecule has 0 spiro atoms. The van der Waals surface area contributed by atoms with Gasteiger partial charge in [0, 0.05) is 11.5 Å². The lowest BCUT2D eigenvalue weighted by atomic mass is 10.2. The summed E-state index contributed by atoms with van der Waals surface area (Å²) in [5, 5.41) is 0. The monoisotopic (exact) mass is 297 g/mol. The number of hydrogen-bond donors (Lipinski definition) is 3. The quantitative estimate of drug-likeness (QED) is 0.667. The van der Waals surface area contributed by atoms with E-state index < -0.39 is 15.9 Å². The number of hydrazine groups is 1. The lowest BCUT2D eigenvalue weighted by molar-refractivity contribution is -0.123. The van der Waals surface area contributed by atoms with Gasteiger partial charge in [-0.15, -0.1) is 0 Å². The summed E-state index contributed by atoms with van der Waals surface area (Å²) in [6, 6.07) is 5.40. The van der Waals surface area contributed by atoms with Gasteiger partial charge in [0.15, 0.2) is 0 Å². The normalized spacial score (nSPS) is 14.7. The molecule has 108 valence electrons. The first-order valence-corrected chi connectivity index (χ1v) is 7.56. The topological polar surface area (TPSA) is 104 Å². The van der Waals surface area contributed by atoms with Crippen molar-refractivity contribution in [3.05, 3.63) is 29.8 Å². The Bertz CT molecular complexity index is 621. The van der Waals surface area contributed by atoms with Crippen molar-refractivity contribution in [2.45, 2.75) is 17.7 Å². The van der Waals surface area contributed by atoms with Crippen molar-refractivity contribution < 1.29 is 18.0 Å². The van der Waals surface area contributed by atoms with Crippen LogP contribution in [0.2, 0.25) is 0 Å². The van der Waals surface area contributed by atoms with Crippen molar-refractivity contribution in [2.24, 2.45) is 5.92 Å². The molecule has 2 amide bonds. The molecule has 0 bridgehead atoms. The smallest absolute Gasteiger partial charge is 0.269 e. The molecule has 0 aliphatic heterocycles. The Morgan fingerprint density at radius 2 is 1.70 bits per heavy atom. The maximum atomic E-state index is 11.7. The highest BCUT2D eigenvalue weighted by molar-refractivity contribution is 7.89. The third kappa shape index (κ3) is 3.34. The summed E-state index contributed by atoms with van der Waals surface area (Å²) in [5.74, 6) is -0.696. The molecular weight excluding hydrogens is 282 g/mol. The van der Waals surface area contributed by atoms with Crippen LogP contribution in [0.25, 0.3) is 0 Å². The van der Waals surface area contributed by atoms with E-state index in [9.17, 15) is 18.0 Å². The highest BCUT2D eigenvalue weighted by Crippen LogP contribution is 2.28. The molecule has 7 nitrogen and oxygen atoms in total. The molecule has 0 heterocycles. The summed E-state index contributed by atoms with van der Waals surface area (Å²) >= 11 is 0.